The minimum absolute atomic E-state index is 0.0888. The number of nitrogens with one attached hydrogen (secondary N) is 2. The predicted molar refractivity (Wildman–Crippen MR) is 79.2 cm³/mol. The first-order valence-corrected chi connectivity index (χ1v) is 6.55. The van der Waals surface area contributed by atoms with Crippen LogP contribution in [0.1, 0.15) is 26.3 Å². The second-order valence-electron chi connectivity index (χ2n) is 5.70. The topological polar surface area (TPSA) is 50.4 Å². The second-order valence-corrected chi connectivity index (χ2v) is 5.70. The normalized spacial score (nSPS) is 15.1. The average Bonchev–Trinajstić information content (AvgIpc) is 2.45. The van der Waals surface area contributed by atoms with E-state index in [0.717, 1.165) is 17.0 Å². The third kappa shape index (κ3) is 2.85. The first-order valence-electron chi connectivity index (χ1n) is 6.55. The summed E-state index contributed by atoms with van der Waals surface area (Å²) in [5.41, 5.74) is 9.33. The summed E-state index contributed by atoms with van der Waals surface area (Å²) in [6.45, 7) is 6.24. The molecule has 2 N–H and O–H groups in total. The molecule has 0 unspecified atom stereocenters. The van der Waals surface area contributed by atoms with Crippen molar-refractivity contribution in [3.8, 4) is 0 Å². The molecule has 0 aliphatic carbocycles. The maximum atomic E-state index is 12.0. The predicted octanol–water partition coefficient (Wildman–Crippen LogP) is 2.61. The maximum Gasteiger partial charge on any atom is 0.340 e. The Kier molecular flexibility index (Phi) is 3.84. The Morgan fingerprint density at radius 3 is 2.30 bits per heavy atom. The lowest BCUT2D eigenvalue weighted by Crippen LogP contribution is -2.39. The molecule has 1 aromatic rings. The van der Waals surface area contributed by atoms with Gasteiger partial charge in [0.2, 0.25) is 0 Å². The van der Waals surface area contributed by atoms with E-state index in [1.54, 1.807) is 0 Å². The molecule has 0 bridgehead atoms. The quantitative estimate of drug-likeness (QED) is 0.813. The summed E-state index contributed by atoms with van der Waals surface area (Å²) in [4.78, 5) is 12.0. The van der Waals surface area contributed by atoms with Crippen molar-refractivity contribution in [2.45, 2.75) is 20.8 Å². The van der Waals surface area contributed by atoms with Crippen molar-refractivity contribution < 1.29 is 9.53 Å². The Morgan fingerprint density at radius 1 is 1.10 bits per heavy atom. The SMILES string of the molecule is COC(=O)C1=C(c2ccccc2)NNC(C(C)(C)C)=C1. The molecule has 0 aromatic heterocycles. The molecule has 1 heterocycles. The summed E-state index contributed by atoms with van der Waals surface area (Å²) in [6.07, 6.45) is 1.85. The molecule has 0 saturated heterocycles. The summed E-state index contributed by atoms with van der Waals surface area (Å²) >= 11 is 0. The molecule has 1 aliphatic heterocycles. The summed E-state index contributed by atoms with van der Waals surface area (Å²) in [6, 6.07) is 9.70. The van der Waals surface area contributed by atoms with E-state index in [1.165, 1.54) is 7.11 Å². The Labute approximate surface area is 119 Å². The number of benzene rings is 1. The average molecular weight is 272 g/mol. The first kappa shape index (κ1) is 14.2. The van der Waals surface area contributed by atoms with Crippen LogP contribution in [0.5, 0.6) is 0 Å². The molecule has 0 radical (unpaired) electrons. The lowest BCUT2D eigenvalue weighted by Gasteiger charge is -2.30. The first-order chi connectivity index (χ1) is 9.43. The van der Waals surface area contributed by atoms with Crippen LogP contribution >= 0.6 is 0 Å². The standard InChI is InChI=1S/C16H20N2O2/c1-16(2,3)13-10-12(15(19)20-4)14(18-17-13)11-8-6-5-7-9-11/h5-10,17-18H,1-4H3. The van der Waals surface area contributed by atoms with Crippen LogP contribution in [0.3, 0.4) is 0 Å². The van der Waals surface area contributed by atoms with Crippen LogP contribution < -0.4 is 10.9 Å². The highest BCUT2D eigenvalue weighted by molar-refractivity contribution is 6.00. The highest BCUT2D eigenvalue weighted by Crippen LogP contribution is 2.29. The molecule has 0 amide bonds. The minimum atomic E-state index is -0.348. The van der Waals surface area contributed by atoms with Gasteiger partial charge in [-0.1, -0.05) is 51.1 Å². The van der Waals surface area contributed by atoms with E-state index in [1.807, 2.05) is 36.4 Å². The van der Waals surface area contributed by atoms with Gasteiger partial charge in [-0.25, -0.2) is 4.79 Å². The van der Waals surface area contributed by atoms with Crippen LogP contribution in [0.25, 0.3) is 5.70 Å². The number of hydrazine groups is 1. The van der Waals surface area contributed by atoms with Gasteiger partial charge in [-0.3, -0.25) is 5.43 Å². The molecule has 0 saturated carbocycles. The molecule has 106 valence electrons. The van der Waals surface area contributed by atoms with Gasteiger partial charge in [-0.2, -0.15) is 0 Å². The molecule has 1 aromatic carbocycles. The number of hydrogen-bond donors (Lipinski definition) is 2. The van der Waals surface area contributed by atoms with E-state index in [-0.39, 0.29) is 11.4 Å². The smallest absolute Gasteiger partial charge is 0.340 e. The Bertz CT molecular complexity index is 566. The fourth-order valence-corrected chi connectivity index (χ4v) is 1.96. The molecule has 0 atom stereocenters. The van der Waals surface area contributed by atoms with E-state index in [9.17, 15) is 4.79 Å². The zero-order valence-electron chi connectivity index (χ0n) is 12.3. The molecule has 2 rings (SSSR count). The van der Waals surface area contributed by atoms with Gasteiger partial charge in [0.15, 0.2) is 0 Å². The van der Waals surface area contributed by atoms with Crippen molar-refractivity contribution in [2.75, 3.05) is 7.11 Å². The molecular weight excluding hydrogens is 252 g/mol. The van der Waals surface area contributed by atoms with Crippen molar-refractivity contribution in [3.05, 3.63) is 53.2 Å². The molecule has 4 nitrogen and oxygen atoms in total. The lowest BCUT2D eigenvalue weighted by atomic mass is 9.89. The van der Waals surface area contributed by atoms with Crippen LogP contribution in [0.4, 0.5) is 0 Å². The van der Waals surface area contributed by atoms with Gasteiger partial charge in [0.1, 0.15) is 0 Å². The highest BCUT2D eigenvalue weighted by atomic mass is 16.5. The zero-order valence-corrected chi connectivity index (χ0v) is 12.3. The van der Waals surface area contributed by atoms with E-state index in [2.05, 4.69) is 31.6 Å². The van der Waals surface area contributed by atoms with E-state index in [4.69, 9.17) is 4.74 Å². The largest absolute Gasteiger partial charge is 0.465 e. The number of rotatable bonds is 2. The summed E-state index contributed by atoms with van der Waals surface area (Å²) in [7, 11) is 1.39. The number of hydrogen-bond acceptors (Lipinski definition) is 4. The number of esters is 1. The van der Waals surface area contributed by atoms with Crippen molar-refractivity contribution in [1.29, 1.82) is 0 Å². The molecular formula is C16H20N2O2. The maximum absolute atomic E-state index is 12.0. The molecule has 4 heteroatoms. The van der Waals surface area contributed by atoms with E-state index < -0.39 is 0 Å². The van der Waals surface area contributed by atoms with Crippen molar-refractivity contribution in [2.24, 2.45) is 5.41 Å². The number of carbonyl (C=O) groups excluding carboxylic acids is 1. The molecule has 0 fully saturated rings. The number of ether oxygens (including phenoxy) is 1. The number of allylic oxidation sites excluding steroid dienone is 1. The van der Waals surface area contributed by atoms with Crippen molar-refractivity contribution in [3.63, 3.8) is 0 Å². The fourth-order valence-electron chi connectivity index (χ4n) is 1.96. The van der Waals surface area contributed by atoms with Crippen LogP contribution in [0.15, 0.2) is 47.7 Å². The zero-order chi connectivity index (χ0) is 14.8. The monoisotopic (exact) mass is 272 g/mol. The van der Waals surface area contributed by atoms with Gasteiger partial charge in [-0.15, -0.1) is 0 Å². The van der Waals surface area contributed by atoms with Gasteiger partial charge in [0, 0.05) is 16.7 Å². The molecule has 1 aliphatic rings. The second kappa shape index (κ2) is 5.41. The summed E-state index contributed by atoms with van der Waals surface area (Å²) < 4.78 is 4.89. The third-order valence-electron chi connectivity index (χ3n) is 3.16. The minimum Gasteiger partial charge on any atom is -0.465 e. The lowest BCUT2D eigenvalue weighted by molar-refractivity contribution is -0.135. The van der Waals surface area contributed by atoms with E-state index in [0.29, 0.717) is 5.57 Å². The van der Waals surface area contributed by atoms with Crippen molar-refractivity contribution >= 4 is 11.7 Å². The van der Waals surface area contributed by atoms with Gasteiger partial charge in [0.25, 0.3) is 0 Å². The van der Waals surface area contributed by atoms with Gasteiger partial charge in [0.05, 0.1) is 18.4 Å². The van der Waals surface area contributed by atoms with Crippen LogP contribution in [-0.2, 0) is 9.53 Å². The third-order valence-corrected chi connectivity index (χ3v) is 3.16. The summed E-state index contributed by atoms with van der Waals surface area (Å²) in [5.74, 6) is -0.348. The molecule has 0 spiro atoms. The number of carbonyl (C=O) groups is 1. The Balaban J connectivity index is 2.53. The highest BCUT2D eigenvalue weighted by Gasteiger charge is 2.25. The fraction of sp³-hybridized carbons (Fsp3) is 0.312. The summed E-state index contributed by atoms with van der Waals surface area (Å²) in [5, 5.41) is 0. The number of methoxy groups -OCH3 is 1. The Hall–Kier alpha value is -2.23. The van der Waals surface area contributed by atoms with Gasteiger partial charge in [-0.05, 0) is 6.08 Å². The van der Waals surface area contributed by atoms with Crippen LogP contribution in [-0.4, -0.2) is 13.1 Å². The van der Waals surface area contributed by atoms with Crippen LogP contribution in [0.2, 0.25) is 0 Å². The van der Waals surface area contributed by atoms with Crippen molar-refractivity contribution in [1.82, 2.24) is 10.9 Å². The van der Waals surface area contributed by atoms with Crippen LogP contribution in [0, 0.1) is 5.41 Å². The van der Waals surface area contributed by atoms with Gasteiger partial charge >= 0.3 is 5.97 Å². The molecule has 20 heavy (non-hydrogen) atoms. The Morgan fingerprint density at radius 2 is 1.75 bits per heavy atom. The van der Waals surface area contributed by atoms with Gasteiger partial charge < -0.3 is 10.2 Å². The van der Waals surface area contributed by atoms with E-state index >= 15 is 0 Å².